The molecule has 1 amide bonds. The predicted molar refractivity (Wildman–Crippen MR) is 83.7 cm³/mol. The molecule has 5 nitrogen and oxygen atoms in total. The van der Waals surface area contributed by atoms with Crippen molar-refractivity contribution in [3.8, 4) is 5.75 Å². The van der Waals surface area contributed by atoms with E-state index >= 15 is 0 Å². The van der Waals surface area contributed by atoms with Gasteiger partial charge in [-0.1, -0.05) is 12.1 Å². The van der Waals surface area contributed by atoms with E-state index in [4.69, 9.17) is 4.74 Å². The van der Waals surface area contributed by atoms with Crippen LogP contribution in [-0.4, -0.2) is 42.0 Å². The number of nitrogens with one attached hydrogen (secondary N) is 1. The summed E-state index contributed by atoms with van der Waals surface area (Å²) in [5, 5.41) is 3.21. The van der Waals surface area contributed by atoms with Crippen LogP contribution in [0.5, 0.6) is 5.75 Å². The molecule has 0 radical (unpaired) electrons. The Kier molecular flexibility index (Phi) is 4.83. The maximum Gasteiger partial charge on any atom is 0.272 e. The second-order valence-corrected chi connectivity index (χ2v) is 5.34. The molecule has 0 saturated carbocycles. The molecule has 0 aliphatic carbocycles. The minimum atomic E-state index is -0.296. The number of benzene rings is 1. The van der Waals surface area contributed by atoms with Gasteiger partial charge < -0.3 is 15.0 Å². The molecule has 2 aromatic rings. The molecule has 2 heterocycles. The van der Waals surface area contributed by atoms with Crippen molar-refractivity contribution in [3.05, 3.63) is 59.7 Å². The third kappa shape index (κ3) is 4.04. The Labute approximate surface area is 134 Å². The first-order valence-electron chi connectivity index (χ1n) is 7.56. The minimum Gasteiger partial charge on any atom is -0.489 e. The molecule has 120 valence electrons. The number of carbonyl (C=O) groups excluding carboxylic acids is 1. The van der Waals surface area contributed by atoms with Crippen LogP contribution in [0.4, 0.5) is 4.39 Å². The summed E-state index contributed by atoms with van der Waals surface area (Å²) in [6.07, 6.45) is 1.55. The van der Waals surface area contributed by atoms with Gasteiger partial charge in [-0.2, -0.15) is 0 Å². The summed E-state index contributed by atoms with van der Waals surface area (Å²) in [5.41, 5.74) is 1.10. The lowest BCUT2D eigenvalue weighted by molar-refractivity contribution is 0.0729. The number of amides is 1. The lowest BCUT2D eigenvalue weighted by atomic mass is 10.2. The summed E-state index contributed by atoms with van der Waals surface area (Å²) in [4.78, 5) is 18.3. The van der Waals surface area contributed by atoms with Crippen LogP contribution in [0, 0.1) is 5.82 Å². The molecule has 1 aliphatic heterocycles. The first kappa shape index (κ1) is 15.4. The Bertz CT molecular complexity index is 687. The summed E-state index contributed by atoms with van der Waals surface area (Å²) >= 11 is 0. The van der Waals surface area contributed by atoms with E-state index in [0.29, 0.717) is 24.5 Å². The minimum absolute atomic E-state index is 0.0947. The summed E-state index contributed by atoms with van der Waals surface area (Å²) in [6.45, 7) is 3.18. The normalized spacial score (nSPS) is 14.6. The molecular formula is C17H18FN3O2. The van der Waals surface area contributed by atoms with Crippen molar-refractivity contribution in [1.29, 1.82) is 0 Å². The first-order chi connectivity index (χ1) is 11.2. The average Bonchev–Trinajstić information content (AvgIpc) is 2.60. The van der Waals surface area contributed by atoms with Gasteiger partial charge in [0.05, 0.1) is 0 Å². The Morgan fingerprint density at radius 1 is 1.26 bits per heavy atom. The first-order valence-corrected chi connectivity index (χ1v) is 7.56. The number of pyridine rings is 1. The van der Waals surface area contributed by atoms with Crippen LogP contribution in [-0.2, 0) is 6.61 Å². The lowest BCUT2D eigenvalue weighted by Crippen LogP contribution is -2.46. The summed E-state index contributed by atoms with van der Waals surface area (Å²) in [6, 6.07) is 9.56. The van der Waals surface area contributed by atoms with Gasteiger partial charge in [0.15, 0.2) is 0 Å². The van der Waals surface area contributed by atoms with Gasteiger partial charge in [0.2, 0.25) is 0 Å². The van der Waals surface area contributed by atoms with Crippen LogP contribution in [0.3, 0.4) is 0 Å². The van der Waals surface area contributed by atoms with Crippen molar-refractivity contribution in [1.82, 2.24) is 15.2 Å². The highest BCUT2D eigenvalue weighted by Crippen LogP contribution is 2.15. The van der Waals surface area contributed by atoms with Crippen molar-refractivity contribution >= 4 is 5.91 Å². The third-order valence-corrected chi connectivity index (χ3v) is 3.65. The Hall–Kier alpha value is -2.47. The predicted octanol–water partition coefficient (Wildman–Crippen LogP) is 1.85. The Morgan fingerprint density at radius 2 is 2.09 bits per heavy atom. The molecule has 3 rings (SSSR count). The summed E-state index contributed by atoms with van der Waals surface area (Å²) in [7, 11) is 0. The lowest BCUT2D eigenvalue weighted by Gasteiger charge is -2.27. The van der Waals surface area contributed by atoms with Crippen LogP contribution in [0.25, 0.3) is 0 Å². The molecule has 23 heavy (non-hydrogen) atoms. The van der Waals surface area contributed by atoms with E-state index in [1.54, 1.807) is 35.4 Å². The largest absolute Gasteiger partial charge is 0.489 e. The quantitative estimate of drug-likeness (QED) is 0.935. The van der Waals surface area contributed by atoms with Gasteiger partial charge in [-0.3, -0.25) is 9.78 Å². The standard InChI is InChI=1S/C17H18FN3O2/c18-14-3-1-2-13(10-14)12-23-15-4-5-20-16(11-15)17(22)21-8-6-19-7-9-21/h1-5,10-11,19H,6-9,12H2. The number of aromatic nitrogens is 1. The molecule has 1 N–H and O–H groups in total. The smallest absolute Gasteiger partial charge is 0.272 e. The van der Waals surface area contributed by atoms with Crippen molar-refractivity contribution in [2.45, 2.75) is 6.61 Å². The van der Waals surface area contributed by atoms with Crippen LogP contribution < -0.4 is 10.1 Å². The number of rotatable bonds is 4. The number of piperazine rings is 1. The number of hydrogen-bond donors (Lipinski definition) is 1. The molecule has 1 aromatic heterocycles. The highest BCUT2D eigenvalue weighted by molar-refractivity contribution is 5.92. The Balaban J connectivity index is 1.66. The zero-order valence-electron chi connectivity index (χ0n) is 12.7. The van der Waals surface area contributed by atoms with E-state index in [9.17, 15) is 9.18 Å². The maximum atomic E-state index is 13.1. The van der Waals surface area contributed by atoms with E-state index in [2.05, 4.69) is 10.3 Å². The van der Waals surface area contributed by atoms with E-state index in [1.807, 2.05) is 0 Å². The molecule has 1 aromatic carbocycles. The fourth-order valence-corrected chi connectivity index (χ4v) is 2.44. The molecule has 1 aliphatic rings. The van der Waals surface area contributed by atoms with Gasteiger partial charge in [-0.05, 0) is 23.8 Å². The van der Waals surface area contributed by atoms with Gasteiger partial charge in [0.25, 0.3) is 5.91 Å². The number of halogens is 1. The third-order valence-electron chi connectivity index (χ3n) is 3.65. The van der Waals surface area contributed by atoms with Crippen molar-refractivity contribution in [2.75, 3.05) is 26.2 Å². The topological polar surface area (TPSA) is 54.5 Å². The average molecular weight is 315 g/mol. The zero-order chi connectivity index (χ0) is 16.1. The number of nitrogens with zero attached hydrogens (tertiary/aromatic N) is 2. The van der Waals surface area contributed by atoms with E-state index in [1.165, 1.54) is 12.1 Å². The molecule has 0 unspecified atom stereocenters. The maximum absolute atomic E-state index is 13.1. The fraction of sp³-hybridized carbons (Fsp3) is 0.294. The molecular weight excluding hydrogens is 297 g/mol. The van der Waals surface area contributed by atoms with Crippen molar-refractivity contribution in [3.63, 3.8) is 0 Å². The number of hydrogen-bond acceptors (Lipinski definition) is 4. The second kappa shape index (κ2) is 7.19. The van der Waals surface area contributed by atoms with Gasteiger partial charge in [0.1, 0.15) is 23.9 Å². The molecule has 1 fully saturated rings. The van der Waals surface area contributed by atoms with Gasteiger partial charge in [-0.25, -0.2) is 4.39 Å². The van der Waals surface area contributed by atoms with Crippen molar-refractivity contribution < 1.29 is 13.9 Å². The van der Waals surface area contributed by atoms with Crippen LogP contribution in [0.1, 0.15) is 16.1 Å². The highest BCUT2D eigenvalue weighted by Gasteiger charge is 2.19. The van der Waals surface area contributed by atoms with E-state index in [-0.39, 0.29) is 18.3 Å². The van der Waals surface area contributed by atoms with Gasteiger partial charge in [0, 0.05) is 38.4 Å². The summed E-state index contributed by atoms with van der Waals surface area (Å²) < 4.78 is 18.8. The molecule has 0 bridgehead atoms. The van der Waals surface area contributed by atoms with Crippen LogP contribution >= 0.6 is 0 Å². The SMILES string of the molecule is O=C(c1cc(OCc2cccc(F)c2)ccn1)N1CCNCC1. The van der Waals surface area contributed by atoms with Crippen molar-refractivity contribution in [2.24, 2.45) is 0 Å². The van der Waals surface area contributed by atoms with Crippen LogP contribution in [0.2, 0.25) is 0 Å². The zero-order valence-corrected chi connectivity index (χ0v) is 12.7. The molecule has 1 saturated heterocycles. The van der Waals surface area contributed by atoms with Gasteiger partial charge >= 0.3 is 0 Å². The van der Waals surface area contributed by atoms with Crippen LogP contribution in [0.15, 0.2) is 42.6 Å². The van der Waals surface area contributed by atoms with E-state index in [0.717, 1.165) is 18.7 Å². The fourth-order valence-electron chi connectivity index (χ4n) is 2.44. The second-order valence-electron chi connectivity index (χ2n) is 5.34. The van der Waals surface area contributed by atoms with E-state index < -0.39 is 0 Å². The number of ether oxygens (including phenoxy) is 1. The van der Waals surface area contributed by atoms with Gasteiger partial charge in [-0.15, -0.1) is 0 Å². The molecule has 0 atom stereocenters. The molecule has 0 spiro atoms. The number of carbonyl (C=O) groups is 1. The summed E-state index contributed by atoms with van der Waals surface area (Å²) in [5.74, 6) is 0.154. The Morgan fingerprint density at radius 3 is 2.87 bits per heavy atom. The monoisotopic (exact) mass is 315 g/mol. The molecule has 6 heteroatoms. The highest BCUT2D eigenvalue weighted by atomic mass is 19.1.